The third-order valence-electron chi connectivity index (χ3n) is 3.72. The van der Waals surface area contributed by atoms with E-state index in [2.05, 4.69) is 9.97 Å². The molecular weight excluding hydrogens is 266 g/mol. The summed E-state index contributed by atoms with van der Waals surface area (Å²) in [5.74, 6) is 1.60. The maximum Gasteiger partial charge on any atom is 0.261 e. The van der Waals surface area contributed by atoms with Crippen LogP contribution in [0.1, 0.15) is 30.4 Å². The van der Waals surface area contributed by atoms with Crippen molar-refractivity contribution in [2.45, 2.75) is 25.8 Å². The number of aryl methyl sites for hydroxylation is 1. The minimum Gasteiger partial charge on any atom is -0.484 e. The SMILES string of the molecule is Cc1cnc(C2CCCN2C(=O)COc2ccccc2)[nH]1. The van der Waals surface area contributed by atoms with Crippen LogP contribution in [-0.4, -0.2) is 33.9 Å². The van der Waals surface area contributed by atoms with Gasteiger partial charge in [0.2, 0.25) is 0 Å². The number of ether oxygens (including phenoxy) is 1. The van der Waals surface area contributed by atoms with Crippen LogP contribution in [0.25, 0.3) is 0 Å². The molecule has 3 rings (SSSR count). The summed E-state index contributed by atoms with van der Waals surface area (Å²) in [4.78, 5) is 21.8. The van der Waals surface area contributed by atoms with Crippen LogP contribution in [0.15, 0.2) is 36.5 Å². The highest BCUT2D eigenvalue weighted by Gasteiger charge is 2.31. The fourth-order valence-corrected chi connectivity index (χ4v) is 2.70. The predicted molar refractivity (Wildman–Crippen MR) is 78.9 cm³/mol. The summed E-state index contributed by atoms with van der Waals surface area (Å²) in [6.07, 6.45) is 3.75. The van der Waals surface area contributed by atoms with E-state index < -0.39 is 0 Å². The number of H-pyrrole nitrogens is 1. The molecule has 1 N–H and O–H groups in total. The number of nitrogens with one attached hydrogen (secondary N) is 1. The molecule has 5 nitrogen and oxygen atoms in total. The van der Waals surface area contributed by atoms with Gasteiger partial charge in [0.1, 0.15) is 11.6 Å². The van der Waals surface area contributed by atoms with Gasteiger partial charge in [0.25, 0.3) is 5.91 Å². The molecular formula is C16H19N3O2. The number of nitrogens with zero attached hydrogens (tertiary/aromatic N) is 2. The van der Waals surface area contributed by atoms with Crippen molar-refractivity contribution in [2.75, 3.05) is 13.2 Å². The van der Waals surface area contributed by atoms with Gasteiger partial charge in [-0.3, -0.25) is 4.79 Å². The van der Waals surface area contributed by atoms with Gasteiger partial charge < -0.3 is 14.6 Å². The first kappa shape index (κ1) is 13.7. The van der Waals surface area contributed by atoms with E-state index in [0.29, 0.717) is 0 Å². The van der Waals surface area contributed by atoms with E-state index in [1.54, 1.807) is 6.20 Å². The number of benzene rings is 1. The predicted octanol–water partition coefficient (Wildman–Crippen LogP) is 2.46. The summed E-state index contributed by atoms with van der Waals surface area (Å²) in [5, 5.41) is 0. The summed E-state index contributed by atoms with van der Waals surface area (Å²) in [7, 11) is 0. The number of imidazole rings is 1. The number of para-hydroxylation sites is 1. The molecule has 0 bridgehead atoms. The molecule has 2 aromatic rings. The minimum atomic E-state index is 0.00964. The molecule has 1 unspecified atom stereocenters. The number of hydrogen-bond donors (Lipinski definition) is 1. The van der Waals surface area contributed by atoms with E-state index in [-0.39, 0.29) is 18.6 Å². The normalized spacial score (nSPS) is 18.0. The Hall–Kier alpha value is -2.30. The van der Waals surface area contributed by atoms with Crippen LogP contribution >= 0.6 is 0 Å². The average molecular weight is 285 g/mol. The third-order valence-corrected chi connectivity index (χ3v) is 3.72. The number of hydrogen-bond acceptors (Lipinski definition) is 3. The van der Waals surface area contributed by atoms with Crippen molar-refractivity contribution >= 4 is 5.91 Å². The number of aromatic amines is 1. The summed E-state index contributed by atoms with van der Waals surface area (Å²) in [6, 6.07) is 9.46. The number of amides is 1. The standard InChI is InChI=1S/C16H19N3O2/c1-12-10-17-16(18-12)14-8-5-9-19(14)15(20)11-21-13-6-3-2-4-7-13/h2-4,6-7,10,14H,5,8-9,11H2,1H3,(H,17,18). The maximum absolute atomic E-state index is 12.4. The fraction of sp³-hybridized carbons (Fsp3) is 0.375. The monoisotopic (exact) mass is 285 g/mol. The summed E-state index contributed by atoms with van der Waals surface area (Å²) in [6.45, 7) is 2.80. The molecule has 2 heterocycles. The lowest BCUT2D eigenvalue weighted by Crippen LogP contribution is -2.34. The van der Waals surface area contributed by atoms with Gasteiger partial charge in [-0.15, -0.1) is 0 Å². The second-order valence-electron chi connectivity index (χ2n) is 5.30. The van der Waals surface area contributed by atoms with Crippen molar-refractivity contribution in [3.05, 3.63) is 48.0 Å². The number of carbonyl (C=O) groups excluding carboxylic acids is 1. The van der Waals surface area contributed by atoms with Crippen LogP contribution in [0, 0.1) is 6.92 Å². The first-order valence-corrected chi connectivity index (χ1v) is 7.23. The topological polar surface area (TPSA) is 58.2 Å². The molecule has 21 heavy (non-hydrogen) atoms. The molecule has 1 aromatic heterocycles. The molecule has 1 aliphatic rings. The van der Waals surface area contributed by atoms with E-state index in [1.807, 2.05) is 42.2 Å². The molecule has 0 spiro atoms. The third kappa shape index (κ3) is 3.07. The fourth-order valence-electron chi connectivity index (χ4n) is 2.70. The number of likely N-dealkylation sites (tertiary alicyclic amines) is 1. The second-order valence-corrected chi connectivity index (χ2v) is 5.30. The van der Waals surface area contributed by atoms with Crippen molar-refractivity contribution in [1.29, 1.82) is 0 Å². The molecule has 0 saturated carbocycles. The Kier molecular flexibility index (Phi) is 3.90. The minimum absolute atomic E-state index is 0.00964. The number of aromatic nitrogens is 2. The Morgan fingerprint density at radius 2 is 2.24 bits per heavy atom. The van der Waals surface area contributed by atoms with Crippen molar-refractivity contribution in [2.24, 2.45) is 0 Å². The highest BCUT2D eigenvalue weighted by atomic mass is 16.5. The molecule has 0 aliphatic carbocycles. The Morgan fingerprint density at radius 3 is 2.95 bits per heavy atom. The van der Waals surface area contributed by atoms with Gasteiger partial charge >= 0.3 is 0 Å². The molecule has 1 aromatic carbocycles. The van der Waals surface area contributed by atoms with E-state index >= 15 is 0 Å². The molecule has 5 heteroatoms. The van der Waals surface area contributed by atoms with Gasteiger partial charge in [0.05, 0.1) is 6.04 Å². The van der Waals surface area contributed by atoms with Crippen LogP contribution in [-0.2, 0) is 4.79 Å². The van der Waals surface area contributed by atoms with Gasteiger partial charge in [-0.25, -0.2) is 4.98 Å². The van der Waals surface area contributed by atoms with E-state index in [1.165, 1.54) is 0 Å². The van der Waals surface area contributed by atoms with Crippen LogP contribution in [0.4, 0.5) is 0 Å². The van der Waals surface area contributed by atoms with Gasteiger partial charge in [-0.1, -0.05) is 18.2 Å². The van der Waals surface area contributed by atoms with Crippen molar-refractivity contribution in [3.8, 4) is 5.75 Å². The van der Waals surface area contributed by atoms with Crippen molar-refractivity contribution < 1.29 is 9.53 Å². The lowest BCUT2D eigenvalue weighted by molar-refractivity contribution is -0.134. The summed E-state index contributed by atoms with van der Waals surface area (Å²) >= 11 is 0. The Bertz CT molecular complexity index is 609. The maximum atomic E-state index is 12.4. The first-order valence-electron chi connectivity index (χ1n) is 7.23. The molecule has 1 atom stereocenters. The van der Waals surface area contributed by atoms with E-state index in [0.717, 1.165) is 36.7 Å². The zero-order chi connectivity index (χ0) is 14.7. The van der Waals surface area contributed by atoms with Crippen LogP contribution in [0.2, 0.25) is 0 Å². The Morgan fingerprint density at radius 1 is 1.43 bits per heavy atom. The lowest BCUT2D eigenvalue weighted by Gasteiger charge is -2.23. The molecule has 110 valence electrons. The zero-order valence-corrected chi connectivity index (χ0v) is 12.1. The first-order chi connectivity index (χ1) is 10.2. The highest BCUT2D eigenvalue weighted by Crippen LogP contribution is 2.30. The Labute approximate surface area is 124 Å². The van der Waals surface area contributed by atoms with E-state index in [9.17, 15) is 4.79 Å². The lowest BCUT2D eigenvalue weighted by atomic mass is 10.2. The summed E-state index contributed by atoms with van der Waals surface area (Å²) < 4.78 is 5.55. The molecule has 0 radical (unpaired) electrons. The Balaban J connectivity index is 1.63. The van der Waals surface area contributed by atoms with Crippen LogP contribution < -0.4 is 4.74 Å². The smallest absolute Gasteiger partial charge is 0.261 e. The second kappa shape index (κ2) is 5.99. The molecule has 1 saturated heterocycles. The summed E-state index contributed by atoms with van der Waals surface area (Å²) in [5.41, 5.74) is 1.02. The van der Waals surface area contributed by atoms with Gasteiger partial charge in [0.15, 0.2) is 6.61 Å². The van der Waals surface area contributed by atoms with Crippen LogP contribution in [0.3, 0.4) is 0 Å². The zero-order valence-electron chi connectivity index (χ0n) is 12.1. The van der Waals surface area contributed by atoms with Gasteiger partial charge in [0, 0.05) is 18.4 Å². The van der Waals surface area contributed by atoms with Crippen molar-refractivity contribution in [3.63, 3.8) is 0 Å². The van der Waals surface area contributed by atoms with Gasteiger partial charge in [-0.05, 0) is 31.9 Å². The largest absolute Gasteiger partial charge is 0.484 e. The van der Waals surface area contributed by atoms with E-state index in [4.69, 9.17) is 4.74 Å². The quantitative estimate of drug-likeness (QED) is 0.938. The highest BCUT2D eigenvalue weighted by molar-refractivity contribution is 5.78. The average Bonchev–Trinajstić information content (AvgIpc) is 3.14. The molecule has 1 aliphatic heterocycles. The number of carbonyl (C=O) groups is 1. The van der Waals surface area contributed by atoms with Crippen molar-refractivity contribution in [1.82, 2.24) is 14.9 Å². The molecule has 1 fully saturated rings. The van der Waals surface area contributed by atoms with Crippen LogP contribution in [0.5, 0.6) is 5.75 Å². The molecule has 1 amide bonds. The van der Waals surface area contributed by atoms with Gasteiger partial charge in [-0.2, -0.15) is 0 Å². The number of rotatable bonds is 4.